The van der Waals surface area contributed by atoms with Crippen molar-refractivity contribution in [3.8, 4) is 5.75 Å². The van der Waals surface area contributed by atoms with E-state index >= 15 is 0 Å². The van der Waals surface area contributed by atoms with Crippen molar-refractivity contribution in [1.82, 2.24) is 5.32 Å². The number of hydrogen-bond donors (Lipinski definition) is 2. The lowest BCUT2D eigenvalue weighted by Gasteiger charge is -2.22. The Kier molecular flexibility index (Phi) is 4.80. The van der Waals surface area contributed by atoms with Crippen LogP contribution in [0.5, 0.6) is 5.75 Å². The van der Waals surface area contributed by atoms with E-state index in [9.17, 15) is 4.79 Å². The van der Waals surface area contributed by atoms with Gasteiger partial charge in [-0.15, -0.1) is 0 Å². The van der Waals surface area contributed by atoms with Crippen molar-refractivity contribution in [1.29, 1.82) is 0 Å². The molecule has 0 aliphatic carbocycles. The van der Waals surface area contributed by atoms with Crippen molar-refractivity contribution in [2.75, 3.05) is 25.5 Å². The molecule has 1 aliphatic rings. The average molecular weight is 262 g/mol. The van der Waals surface area contributed by atoms with Gasteiger partial charge in [-0.1, -0.05) is 6.92 Å². The lowest BCUT2D eigenvalue weighted by molar-refractivity contribution is -0.120. The van der Waals surface area contributed by atoms with Crippen LogP contribution in [0.3, 0.4) is 0 Å². The van der Waals surface area contributed by atoms with Crippen molar-refractivity contribution in [2.24, 2.45) is 5.92 Å². The van der Waals surface area contributed by atoms with Crippen LogP contribution in [-0.2, 0) is 11.2 Å². The van der Waals surface area contributed by atoms with Gasteiger partial charge in [0.25, 0.3) is 0 Å². The van der Waals surface area contributed by atoms with Gasteiger partial charge in [-0.25, -0.2) is 0 Å². The van der Waals surface area contributed by atoms with Crippen LogP contribution in [0.4, 0.5) is 5.69 Å². The highest BCUT2D eigenvalue weighted by Gasteiger charge is 2.20. The van der Waals surface area contributed by atoms with Gasteiger partial charge < -0.3 is 15.4 Å². The number of anilines is 1. The summed E-state index contributed by atoms with van der Waals surface area (Å²) in [6.45, 7) is 3.88. The van der Waals surface area contributed by atoms with Gasteiger partial charge in [0.05, 0.1) is 13.0 Å². The second-order valence-corrected chi connectivity index (χ2v) is 4.91. The van der Waals surface area contributed by atoms with E-state index in [1.54, 1.807) is 7.11 Å². The third-order valence-corrected chi connectivity index (χ3v) is 3.60. The quantitative estimate of drug-likeness (QED) is 0.874. The molecule has 2 N–H and O–H groups in total. The molecule has 1 aliphatic heterocycles. The number of aryl methyl sites for hydroxylation is 1. The highest BCUT2D eigenvalue weighted by atomic mass is 16.5. The third-order valence-electron chi connectivity index (χ3n) is 3.60. The molecule has 1 saturated heterocycles. The summed E-state index contributed by atoms with van der Waals surface area (Å²) in [5.74, 6) is 1.07. The molecule has 2 rings (SSSR count). The number of nitrogens with one attached hydrogen (secondary N) is 2. The number of amides is 1. The van der Waals surface area contributed by atoms with Crippen LogP contribution in [0, 0.1) is 5.92 Å². The zero-order valence-electron chi connectivity index (χ0n) is 11.7. The minimum atomic E-state index is 0.0842. The van der Waals surface area contributed by atoms with Gasteiger partial charge in [0.2, 0.25) is 5.91 Å². The van der Waals surface area contributed by atoms with Crippen molar-refractivity contribution in [3.05, 3.63) is 23.8 Å². The van der Waals surface area contributed by atoms with E-state index in [1.807, 2.05) is 18.2 Å². The average Bonchev–Trinajstić information content (AvgIpc) is 2.48. The Morgan fingerprint density at radius 3 is 3.00 bits per heavy atom. The number of methoxy groups -OCH3 is 1. The predicted molar refractivity (Wildman–Crippen MR) is 76.6 cm³/mol. The third kappa shape index (κ3) is 3.47. The van der Waals surface area contributed by atoms with Crippen LogP contribution in [0.25, 0.3) is 0 Å². The molecule has 0 saturated carbocycles. The summed E-state index contributed by atoms with van der Waals surface area (Å²) in [5, 5.41) is 6.26. The molecule has 0 spiro atoms. The van der Waals surface area contributed by atoms with Gasteiger partial charge >= 0.3 is 0 Å². The molecule has 1 fully saturated rings. The minimum Gasteiger partial charge on any atom is -0.496 e. The van der Waals surface area contributed by atoms with Crippen LogP contribution in [0.2, 0.25) is 0 Å². The molecule has 104 valence electrons. The van der Waals surface area contributed by atoms with Crippen molar-refractivity contribution < 1.29 is 9.53 Å². The van der Waals surface area contributed by atoms with Crippen molar-refractivity contribution in [2.45, 2.75) is 26.2 Å². The summed E-state index contributed by atoms with van der Waals surface area (Å²) in [7, 11) is 1.67. The lowest BCUT2D eigenvalue weighted by atomic mass is 9.98. The Labute approximate surface area is 114 Å². The molecule has 1 atom stereocenters. The molecular weight excluding hydrogens is 240 g/mol. The maximum atomic E-state index is 12.1. The lowest BCUT2D eigenvalue weighted by Crippen LogP contribution is -2.37. The highest BCUT2D eigenvalue weighted by Crippen LogP contribution is 2.23. The molecule has 1 aromatic carbocycles. The molecule has 4 heteroatoms. The van der Waals surface area contributed by atoms with Crippen molar-refractivity contribution in [3.63, 3.8) is 0 Å². The van der Waals surface area contributed by atoms with Gasteiger partial charge in [-0.3, -0.25) is 4.79 Å². The van der Waals surface area contributed by atoms with E-state index in [2.05, 4.69) is 17.6 Å². The standard InChI is InChI=1S/C15H22N2O2/c1-3-11-9-13(6-7-14(11)19-2)17-15(18)12-5-4-8-16-10-12/h6-7,9,12,16H,3-5,8,10H2,1-2H3,(H,17,18). The molecule has 19 heavy (non-hydrogen) atoms. The van der Waals surface area contributed by atoms with Gasteiger partial charge in [-0.05, 0) is 49.6 Å². The molecule has 1 aromatic rings. The van der Waals surface area contributed by atoms with Gasteiger partial charge in [0.1, 0.15) is 5.75 Å². The maximum absolute atomic E-state index is 12.1. The van der Waals surface area contributed by atoms with Gasteiger partial charge in [0.15, 0.2) is 0 Å². The molecule has 0 radical (unpaired) electrons. The normalized spacial score (nSPS) is 18.9. The fourth-order valence-electron chi connectivity index (χ4n) is 2.45. The maximum Gasteiger partial charge on any atom is 0.228 e. The fraction of sp³-hybridized carbons (Fsp3) is 0.533. The number of rotatable bonds is 4. The molecular formula is C15H22N2O2. The smallest absolute Gasteiger partial charge is 0.228 e. The summed E-state index contributed by atoms with van der Waals surface area (Å²) in [5.41, 5.74) is 1.97. The fourth-order valence-corrected chi connectivity index (χ4v) is 2.45. The molecule has 1 unspecified atom stereocenters. The monoisotopic (exact) mass is 262 g/mol. The second kappa shape index (κ2) is 6.57. The van der Waals surface area contributed by atoms with Crippen LogP contribution in [-0.4, -0.2) is 26.1 Å². The first-order chi connectivity index (χ1) is 9.24. The Hall–Kier alpha value is -1.55. The summed E-state index contributed by atoms with van der Waals surface area (Å²) in [6.07, 6.45) is 2.93. The van der Waals surface area contributed by atoms with E-state index in [-0.39, 0.29) is 11.8 Å². The van der Waals surface area contributed by atoms with Gasteiger partial charge in [0, 0.05) is 12.2 Å². The zero-order chi connectivity index (χ0) is 13.7. The number of hydrogen-bond acceptors (Lipinski definition) is 3. The van der Waals surface area contributed by atoms with E-state index in [0.717, 1.165) is 49.4 Å². The largest absolute Gasteiger partial charge is 0.496 e. The van der Waals surface area contributed by atoms with Gasteiger partial charge in [-0.2, -0.15) is 0 Å². The van der Waals surface area contributed by atoms with E-state index < -0.39 is 0 Å². The summed E-state index contributed by atoms with van der Waals surface area (Å²) in [6, 6.07) is 5.80. The Morgan fingerprint density at radius 2 is 2.37 bits per heavy atom. The Morgan fingerprint density at radius 1 is 1.53 bits per heavy atom. The summed E-state index contributed by atoms with van der Waals surface area (Å²) >= 11 is 0. The number of piperidine rings is 1. The summed E-state index contributed by atoms with van der Waals surface area (Å²) < 4.78 is 5.29. The number of benzene rings is 1. The Bertz CT molecular complexity index is 440. The molecule has 0 bridgehead atoms. The number of carbonyl (C=O) groups excluding carboxylic acids is 1. The molecule has 0 aromatic heterocycles. The van der Waals surface area contributed by atoms with Crippen LogP contribution < -0.4 is 15.4 Å². The predicted octanol–water partition coefficient (Wildman–Crippen LogP) is 2.20. The zero-order valence-corrected chi connectivity index (χ0v) is 11.7. The topological polar surface area (TPSA) is 50.4 Å². The van der Waals surface area contributed by atoms with Crippen LogP contribution in [0.1, 0.15) is 25.3 Å². The molecule has 1 amide bonds. The molecule has 4 nitrogen and oxygen atoms in total. The first-order valence-corrected chi connectivity index (χ1v) is 6.93. The SMILES string of the molecule is CCc1cc(NC(=O)C2CCCNC2)ccc1OC. The summed E-state index contributed by atoms with van der Waals surface area (Å²) in [4.78, 5) is 12.1. The minimum absolute atomic E-state index is 0.0842. The second-order valence-electron chi connectivity index (χ2n) is 4.91. The number of ether oxygens (including phenoxy) is 1. The van der Waals surface area contributed by atoms with E-state index in [0.29, 0.717) is 0 Å². The number of carbonyl (C=O) groups is 1. The van der Waals surface area contributed by atoms with E-state index in [4.69, 9.17) is 4.74 Å². The first kappa shape index (κ1) is 13.9. The highest BCUT2D eigenvalue weighted by molar-refractivity contribution is 5.93. The van der Waals surface area contributed by atoms with Crippen LogP contribution in [0.15, 0.2) is 18.2 Å². The first-order valence-electron chi connectivity index (χ1n) is 6.93. The Balaban J connectivity index is 2.03. The van der Waals surface area contributed by atoms with E-state index in [1.165, 1.54) is 0 Å². The van der Waals surface area contributed by atoms with Crippen molar-refractivity contribution >= 4 is 11.6 Å². The molecule has 1 heterocycles. The van der Waals surface area contributed by atoms with Crippen LogP contribution >= 0.6 is 0 Å².